The van der Waals surface area contributed by atoms with Crippen molar-refractivity contribution < 1.29 is 18.1 Å². The van der Waals surface area contributed by atoms with E-state index >= 15 is 0 Å². The van der Waals surface area contributed by atoms with Gasteiger partial charge in [-0.15, -0.1) is 0 Å². The summed E-state index contributed by atoms with van der Waals surface area (Å²) < 4.78 is 32.2. The molecule has 0 aromatic heterocycles. The zero-order chi connectivity index (χ0) is 16.8. The largest absolute Gasteiger partial charge is 0.393 e. The van der Waals surface area contributed by atoms with Crippen LogP contribution in [-0.4, -0.2) is 29.4 Å². The van der Waals surface area contributed by atoms with Crippen molar-refractivity contribution in [1.29, 1.82) is 0 Å². The molecule has 0 aromatic carbocycles. The molecule has 2 N–H and O–H groups in total. The Balaban J connectivity index is 3.99. The van der Waals surface area contributed by atoms with Crippen LogP contribution >= 0.6 is 0 Å². The highest BCUT2D eigenvalue weighted by atomic mass is 32.2. The van der Waals surface area contributed by atoms with Gasteiger partial charge in [-0.05, 0) is 25.7 Å². The van der Waals surface area contributed by atoms with Crippen LogP contribution in [0.2, 0.25) is 0 Å². The molecule has 0 saturated carbocycles. The van der Waals surface area contributed by atoms with Gasteiger partial charge in [0.15, 0.2) is 0 Å². The second-order valence-corrected chi connectivity index (χ2v) is 8.12. The molecule has 0 amide bonds. The summed E-state index contributed by atoms with van der Waals surface area (Å²) in [4.78, 5) is 0. The number of aliphatic hydroxyl groups excluding tert-OH is 1. The summed E-state index contributed by atoms with van der Waals surface area (Å²) in [5.41, 5.74) is 0. The summed E-state index contributed by atoms with van der Waals surface area (Å²) in [6, 6.07) is 0. The lowest BCUT2D eigenvalue weighted by molar-refractivity contribution is 0.147. The second kappa shape index (κ2) is 13.3. The Hall–Kier alpha value is -0.130. The van der Waals surface area contributed by atoms with Crippen molar-refractivity contribution in [2.45, 2.75) is 109 Å². The molecule has 0 fully saturated rings. The maximum Gasteiger partial charge on any atom is 0.267 e. The smallest absolute Gasteiger partial charge is 0.267 e. The van der Waals surface area contributed by atoms with Crippen LogP contribution in [-0.2, 0) is 10.1 Å². The molecule has 0 aliphatic carbocycles. The fourth-order valence-electron chi connectivity index (χ4n) is 2.75. The summed E-state index contributed by atoms with van der Waals surface area (Å²) in [7, 11) is -3.99. The monoisotopic (exact) mass is 336 g/mol. The summed E-state index contributed by atoms with van der Waals surface area (Å²) >= 11 is 0. The Labute approximate surface area is 137 Å². The van der Waals surface area contributed by atoms with E-state index < -0.39 is 21.5 Å². The van der Waals surface area contributed by atoms with Gasteiger partial charge in [-0.3, -0.25) is 4.55 Å². The van der Waals surface area contributed by atoms with Crippen LogP contribution in [0.5, 0.6) is 0 Å². The van der Waals surface area contributed by atoms with Crippen LogP contribution < -0.4 is 0 Å². The number of aliphatic hydroxyl groups is 1. The highest BCUT2D eigenvalue weighted by molar-refractivity contribution is 7.86. The van der Waals surface area contributed by atoms with Gasteiger partial charge in [0.25, 0.3) is 10.1 Å². The maximum absolute atomic E-state index is 11.4. The maximum atomic E-state index is 11.4. The van der Waals surface area contributed by atoms with Gasteiger partial charge in [-0.25, -0.2) is 0 Å². The molecule has 22 heavy (non-hydrogen) atoms. The van der Waals surface area contributed by atoms with Crippen molar-refractivity contribution in [1.82, 2.24) is 0 Å². The Kier molecular flexibility index (Phi) is 13.2. The second-order valence-electron chi connectivity index (χ2n) is 6.42. The molecule has 0 aliphatic rings. The highest BCUT2D eigenvalue weighted by Gasteiger charge is 2.23. The molecule has 4 nitrogen and oxygen atoms in total. The predicted octanol–water partition coefficient (Wildman–Crippen LogP) is 4.71. The summed E-state index contributed by atoms with van der Waals surface area (Å²) in [6.45, 7) is 4.29. The minimum absolute atomic E-state index is 0.363. The molecule has 0 bridgehead atoms. The van der Waals surface area contributed by atoms with Crippen LogP contribution in [0.15, 0.2) is 0 Å². The van der Waals surface area contributed by atoms with Crippen molar-refractivity contribution in [3.63, 3.8) is 0 Å². The Morgan fingerprint density at radius 2 is 1.23 bits per heavy atom. The molecule has 0 heterocycles. The van der Waals surface area contributed by atoms with E-state index in [0.29, 0.717) is 19.3 Å². The third kappa shape index (κ3) is 12.4. The number of rotatable bonds is 15. The Morgan fingerprint density at radius 1 is 0.727 bits per heavy atom. The lowest BCUT2D eigenvalue weighted by Crippen LogP contribution is -2.22. The molecular weight excluding hydrogens is 300 g/mol. The first-order valence-electron chi connectivity index (χ1n) is 9.06. The summed E-state index contributed by atoms with van der Waals surface area (Å²) in [5.74, 6) is 0. The average molecular weight is 337 g/mol. The number of unbranched alkanes of at least 4 members (excludes halogenated alkanes) is 7. The fraction of sp³-hybridized carbons (Fsp3) is 1.00. The zero-order valence-corrected chi connectivity index (χ0v) is 15.3. The van der Waals surface area contributed by atoms with Crippen LogP contribution in [0.1, 0.15) is 97.3 Å². The van der Waals surface area contributed by atoms with E-state index in [1.165, 1.54) is 19.3 Å². The quantitative estimate of drug-likeness (QED) is 0.335. The summed E-state index contributed by atoms with van der Waals surface area (Å²) in [6.07, 6.45) is 11.4. The van der Waals surface area contributed by atoms with Crippen LogP contribution in [0.3, 0.4) is 0 Å². The minimum Gasteiger partial charge on any atom is -0.393 e. The Bertz CT molecular complexity index is 341. The third-order valence-corrected chi connectivity index (χ3v) is 5.58. The van der Waals surface area contributed by atoms with E-state index in [1.54, 1.807) is 0 Å². The topological polar surface area (TPSA) is 74.6 Å². The van der Waals surface area contributed by atoms with Crippen molar-refractivity contribution in [2.24, 2.45) is 0 Å². The van der Waals surface area contributed by atoms with E-state index in [-0.39, 0.29) is 0 Å². The fourth-order valence-corrected chi connectivity index (χ4v) is 3.65. The molecular formula is C17H36O4S. The molecule has 2 unspecified atom stereocenters. The van der Waals surface area contributed by atoms with Crippen molar-refractivity contribution >= 4 is 10.1 Å². The first kappa shape index (κ1) is 21.9. The van der Waals surface area contributed by atoms with Gasteiger partial charge in [0, 0.05) is 0 Å². The van der Waals surface area contributed by atoms with Gasteiger partial charge in [0.2, 0.25) is 0 Å². The van der Waals surface area contributed by atoms with Gasteiger partial charge in [0.05, 0.1) is 11.4 Å². The third-order valence-electron chi connectivity index (χ3n) is 4.26. The molecule has 2 atom stereocenters. The normalized spacial score (nSPS) is 14.9. The van der Waals surface area contributed by atoms with Crippen LogP contribution in [0.4, 0.5) is 0 Å². The number of hydrogen-bond acceptors (Lipinski definition) is 3. The van der Waals surface area contributed by atoms with E-state index in [9.17, 15) is 18.1 Å². The molecule has 0 spiro atoms. The van der Waals surface area contributed by atoms with Crippen LogP contribution in [0.25, 0.3) is 0 Å². The first-order chi connectivity index (χ1) is 10.4. The molecule has 5 heteroatoms. The predicted molar refractivity (Wildman–Crippen MR) is 92.7 cm³/mol. The van der Waals surface area contributed by atoms with Gasteiger partial charge in [-0.1, -0.05) is 71.6 Å². The lowest BCUT2D eigenvalue weighted by atomic mass is 10.0. The molecule has 0 radical (unpaired) electrons. The van der Waals surface area contributed by atoms with E-state index in [1.807, 2.05) is 0 Å². The highest BCUT2D eigenvalue weighted by Crippen LogP contribution is 2.19. The minimum atomic E-state index is -3.99. The average Bonchev–Trinajstić information content (AvgIpc) is 2.45. The standard InChI is InChI=1S/C17H36O4S/c1-3-5-7-9-11-13-17(22(19,20)21)15-14-16(18)12-10-8-6-4-2/h16-18H,3-15H2,1-2H3,(H,19,20,21). The molecule has 134 valence electrons. The summed E-state index contributed by atoms with van der Waals surface area (Å²) in [5, 5.41) is 9.22. The lowest BCUT2D eigenvalue weighted by Gasteiger charge is -2.16. The van der Waals surface area contributed by atoms with Crippen molar-refractivity contribution in [3.05, 3.63) is 0 Å². The molecule has 0 aliphatic heterocycles. The van der Waals surface area contributed by atoms with E-state index in [4.69, 9.17) is 0 Å². The Morgan fingerprint density at radius 3 is 1.77 bits per heavy atom. The van der Waals surface area contributed by atoms with Crippen LogP contribution in [0, 0.1) is 0 Å². The van der Waals surface area contributed by atoms with E-state index in [0.717, 1.165) is 44.9 Å². The first-order valence-corrected chi connectivity index (χ1v) is 10.6. The van der Waals surface area contributed by atoms with E-state index in [2.05, 4.69) is 13.8 Å². The number of hydrogen-bond donors (Lipinski definition) is 2. The molecule has 0 aromatic rings. The van der Waals surface area contributed by atoms with Gasteiger partial charge in [0.1, 0.15) is 0 Å². The van der Waals surface area contributed by atoms with Crippen molar-refractivity contribution in [2.75, 3.05) is 0 Å². The van der Waals surface area contributed by atoms with Crippen molar-refractivity contribution in [3.8, 4) is 0 Å². The molecule has 0 saturated heterocycles. The van der Waals surface area contributed by atoms with Gasteiger partial charge >= 0.3 is 0 Å². The van der Waals surface area contributed by atoms with Gasteiger partial charge < -0.3 is 5.11 Å². The zero-order valence-electron chi connectivity index (χ0n) is 14.5. The van der Waals surface area contributed by atoms with Gasteiger partial charge in [-0.2, -0.15) is 8.42 Å². The SMILES string of the molecule is CCCCCCCC(CCC(O)CCCCCC)S(=O)(=O)O. The molecule has 0 rings (SSSR count).